The lowest BCUT2D eigenvalue weighted by Gasteiger charge is -2.42. The molecule has 6 aromatic rings. The van der Waals surface area contributed by atoms with Gasteiger partial charge in [-0.15, -0.1) is 0 Å². The summed E-state index contributed by atoms with van der Waals surface area (Å²) in [5.41, 5.74) is 8.56. The SMILES string of the molecule is CC1(C)c2ccccc2N(c2ccc3c(c2)S(=O)(=O)c2cc(N4c5ccccc5C(C)(C)c5ccccc54)ccc2S3(=O)=O)c2ccccc21. The number of sulfone groups is 2. The molecule has 0 atom stereocenters. The van der Waals surface area contributed by atoms with Crippen LogP contribution >= 0.6 is 0 Å². The van der Waals surface area contributed by atoms with Crippen LogP contribution in [0.3, 0.4) is 0 Å². The zero-order valence-corrected chi connectivity index (χ0v) is 29.7. The highest BCUT2D eigenvalue weighted by molar-refractivity contribution is 7.97. The Kier molecular flexibility index (Phi) is 6.28. The Morgan fingerprint density at radius 1 is 0.380 bits per heavy atom. The molecule has 0 amide bonds. The molecule has 3 aliphatic heterocycles. The molecule has 0 N–H and O–H groups in total. The molecule has 8 heteroatoms. The van der Waals surface area contributed by atoms with Crippen molar-refractivity contribution in [1.82, 2.24) is 0 Å². The van der Waals surface area contributed by atoms with Gasteiger partial charge in [0.2, 0.25) is 19.7 Å². The van der Waals surface area contributed by atoms with E-state index in [1.165, 1.54) is 24.3 Å². The zero-order chi connectivity index (χ0) is 34.8. The first kappa shape index (κ1) is 30.8. The first-order valence-corrected chi connectivity index (χ1v) is 19.6. The Bertz CT molecular complexity index is 2390. The van der Waals surface area contributed by atoms with Crippen LogP contribution in [0.15, 0.2) is 153 Å². The number of nitrogens with zero attached hydrogens (tertiary/aromatic N) is 2. The molecular formula is C42H34N2O4S2. The minimum absolute atomic E-state index is 0.212. The topological polar surface area (TPSA) is 74.8 Å². The highest BCUT2D eigenvalue weighted by Crippen LogP contribution is 2.55. The second-order valence-electron chi connectivity index (χ2n) is 14.3. The van der Waals surface area contributed by atoms with Gasteiger partial charge in [-0.3, -0.25) is 0 Å². The lowest BCUT2D eigenvalue weighted by Crippen LogP contribution is -2.31. The molecule has 248 valence electrons. The molecule has 3 heterocycles. The summed E-state index contributed by atoms with van der Waals surface area (Å²) in [5, 5.41) is 0. The van der Waals surface area contributed by atoms with Crippen LogP contribution in [0.25, 0.3) is 0 Å². The maximum absolute atomic E-state index is 14.7. The molecule has 9 rings (SSSR count). The molecular weight excluding hydrogens is 661 g/mol. The minimum atomic E-state index is -4.28. The molecule has 6 aromatic carbocycles. The predicted octanol–water partition coefficient (Wildman–Crippen LogP) is 9.88. The van der Waals surface area contributed by atoms with E-state index in [0.717, 1.165) is 45.0 Å². The number of fused-ring (bicyclic) bond motifs is 6. The van der Waals surface area contributed by atoms with Gasteiger partial charge in [-0.25, -0.2) is 16.8 Å². The number of hydrogen-bond acceptors (Lipinski definition) is 6. The Hall–Kier alpha value is -5.18. The maximum Gasteiger partial charge on any atom is 0.209 e. The number of anilines is 6. The van der Waals surface area contributed by atoms with Crippen LogP contribution in [0.4, 0.5) is 34.1 Å². The van der Waals surface area contributed by atoms with E-state index in [0.29, 0.717) is 11.4 Å². The smallest absolute Gasteiger partial charge is 0.209 e. The fourth-order valence-electron chi connectivity index (χ4n) is 8.27. The summed E-state index contributed by atoms with van der Waals surface area (Å²) in [6.45, 7) is 8.72. The Morgan fingerprint density at radius 2 is 0.660 bits per heavy atom. The normalized spacial score (nSPS) is 18.1. The summed E-state index contributed by atoms with van der Waals surface area (Å²) in [4.78, 5) is 3.20. The molecule has 0 saturated carbocycles. The number of para-hydroxylation sites is 4. The van der Waals surface area contributed by atoms with Crippen LogP contribution in [0.1, 0.15) is 49.9 Å². The van der Waals surface area contributed by atoms with Gasteiger partial charge in [0.25, 0.3) is 0 Å². The summed E-state index contributed by atoms with van der Waals surface area (Å²) < 4.78 is 57.9. The van der Waals surface area contributed by atoms with Gasteiger partial charge in [-0.2, -0.15) is 0 Å². The molecule has 0 fully saturated rings. The van der Waals surface area contributed by atoms with E-state index < -0.39 is 19.7 Å². The van der Waals surface area contributed by atoms with Crippen LogP contribution in [0.2, 0.25) is 0 Å². The van der Waals surface area contributed by atoms with Crippen molar-refractivity contribution < 1.29 is 16.8 Å². The molecule has 0 bridgehead atoms. The van der Waals surface area contributed by atoms with Crippen LogP contribution in [0, 0.1) is 0 Å². The van der Waals surface area contributed by atoms with Crippen molar-refractivity contribution in [3.8, 4) is 0 Å². The highest BCUT2D eigenvalue weighted by Gasteiger charge is 2.43. The van der Waals surface area contributed by atoms with Gasteiger partial charge >= 0.3 is 0 Å². The molecule has 0 spiro atoms. The number of benzene rings is 6. The Morgan fingerprint density at radius 3 is 0.980 bits per heavy atom. The minimum Gasteiger partial charge on any atom is -0.310 e. The maximum atomic E-state index is 14.7. The van der Waals surface area contributed by atoms with Gasteiger partial charge in [-0.1, -0.05) is 100 Å². The van der Waals surface area contributed by atoms with E-state index in [2.05, 4.69) is 52.0 Å². The average molecular weight is 695 g/mol. The van der Waals surface area contributed by atoms with E-state index in [1.54, 1.807) is 12.1 Å². The third-order valence-electron chi connectivity index (χ3n) is 10.8. The van der Waals surface area contributed by atoms with E-state index in [4.69, 9.17) is 0 Å². The van der Waals surface area contributed by atoms with Crippen molar-refractivity contribution in [1.29, 1.82) is 0 Å². The standard InChI is InChI=1S/C42H34N2O4S2/c1-41(2)29-13-5-9-17-33(29)43(34-18-10-6-14-30(34)41)27-21-23-37-39(25-27)50(47,48)40-26-28(22-24-38(40)49(37,45)46)44-35-19-11-7-15-31(35)42(3,4)32-16-8-12-20-36(32)44/h5-26H,1-4H3. The molecule has 3 aliphatic rings. The second kappa shape index (κ2) is 10.2. The van der Waals surface area contributed by atoms with Crippen LogP contribution in [-0.4, -0.2) is 16.8 Å². The fraction of sp³-hybridized carbons (Fsp3) is 0.143. The second-order valence-corrected chi connectivity index (χ2v) is 18.0. The summed E-state index contributed by atoms with van der Waals surface area (Å²) in [5.74, 6) is 0. The van der Waals surface area contributed by atoms with E-state index in [1.807, 2.05) is 82.6 Å². The van der Waals surface area contributed by atoms with Gasteiger partial charge in [-0.05, 0) is 82.9 Å². The van der Waals surface area contributed by atoms with Crippen molar-refractivity contribution in [2.75, 3.05) is 9.80 Å². The molecule has 0 radical (unpaired) electrons. The average Bonchev–Trinajstić information content (AvgIpc) is 3.11. The third kappa shape index (κ3) is 4.00. The van der Waals surface area contributed by atoms with Crippen molar-refractivity contribution in [2.24, 2.45) is 0 Å². The molecule has 0 aromatic heterocycles. The molecule has 50 heavy (non-hydrogen) atoms. The zero-order valence-electron chi connectivity index (χ0n) is 28.0. The van der Waals surface area contributed by atoms with Crippen LogP contribution in [0.5, 0.6) is 0 Å². The first-order chi connectivity index (χ1) is 23.8. The van der Waals surface area contributed by atoms with E-state index >= 15 is 0 Å². The van der Waals surface area contributed by atoms with E-state index in [9.17, 15) is 16.8 Å². The summed E-state index contributed by atoms with van der Waals surface area (Å²) in [6, 6.07) is 41.7. The van der Waals surface area contributed by atoms with Gasteiger partial charge in [0.15, 0.2) is 0 Å². The van der Waals surface area contributed by atoms with Crippen molar-refractivity contribution in [3.63, 3.8) is 0 Å². The Labute approximate surface area is 293 Å². The lowest BCUT2D eigenvalue weighted by atomic mass is 9.73. The quantitative estimate of drug-likeness (QED) is 0.179. The number of rotatable bonds is 2. The van der Waals surface area contributed by atoms with Gasteiger partial charge < -0.3 is 9.80 Å². The molecule has 0 saturated heterocycles. The molecule has 6 nitrogen and oxygen atoms in total. The van der Waals surface area contributed by atoms with Crippen LogP contribution in [-0.2, 0) is 30.5 Å². The monoisotopic (exact) mass is 694 g/mol. The fourth-order valence-corrected chi connectivity index (χ4v) is 12.4. The number of hydrogen-bond donors (Lipinski definition) is 0. The van der Waals surface area contributed by atoms with Crippen molar-refractivity contribution in [3.05, 3.63) is 156 Å². The third-order valence-corrected chi connectivity index (χ3v) is 14.8. The Balaban J connectivity index is 1.24. The summed E-state index contributed by atoms with van der Waals surface area (Å²) >= 11 is 0. The lowest BCUT2D eigenvalue weighted by molar-refractivity contribution is 0.570. The van der Waals surface area contributed by atoms with Gasteiger partial charge in [0, 0.05) is 22.2 Å². The molecule has 0 unspecified atom stereocenters. The predicted molar refractivity (Wildman–Crippen MR) is 197 cm³/mol. The summed E-state index contributed by atoms with van der Waals surface area (Å²) in [7, 11) is -8.45. The van der Waals surface area contributed by atoms with E-state index in [-0.39, 0.29) is 30.4 Å². The first-order valence-electron chi connectivity index (χ1n) is 16.6. The van der Waals surface area contributed by atoms with Gasteiger partial charge in [0.05, 0.1) is 42.3 Å². The molecule has 0 aliphatic carbocycles. The van der Waals surface area contributed by atoms with Crippen molar-refractivity contribution in [2.45, 2.75) is 58.1 Å². The summed E-state index contributed by atoms with van der Waals surface area (Å²) in [6.07, 6.45) is 0. The highest BCUT2D eigenvalue weighted by atomic mass is 32.2. The largest absolute Gasteiger partial charge is 0.310 e. The van der Waals surface area contributed by atoms with Gasteiger partial charge in [0.1, 0.15) is 0 Å². The van der Waals surface area contributed by atoms with Crippen LogP contribution < -0.4 is 9.80 Å². The van der Waals surface area contributed by atoms with Crippen molar-refractivity contribution >= 4 is 53.8 Å².